The second kappa shape index (κ2) is 8.57. The lowest BCUT2D eigenvalue weighted by Crippen LogP contribution is -2.34. The molecule has 0 fully saturated rings. The molecule has 7 heteroatoms. The second-order valence-electron chi connectivity index (χ2n) is 7.11. The van der Waals surface area contributed by atoms with Crippen LogP contribution in [-0.2, 0) is 0 Å². The van der Waals surface area contributed by atoms with E-state index in [2.05, 4.69) is 22.5 Å². The Morgan fingerprint density at radius 3 is 2.48 bits per heavy atom. The minimum Gasteiger partial charge on any atom is -0.496 e. The normalized spacial score (nSPS) is 10.7. The Bertz CT molecular complexity index is 1240. The van der Waals surface area contributed by atoms with Gasteiger partial charge in [-0.15, -0.1) is 0 Å². The molecule has 4 rings (SSSR count). The SMILES string of the molecule is COc1ccccc1C(=O)NC(=S)Nc1ccc(-c2nc3cc(C)c(C)cc3o2)cc1. The summed E-state index contributed by atoms with van der Waals surface area (Å²) in [7, 11) is 1.52. The second-order valence-corrected chi connectivity index (χ2v) is 7.52. The van der Waals surface area contributed by atoms with Crippen LogP contribution in [0, 0.1) is 13.8 Å². The Kier molecular flexibility index (Phi) is 5.68. The molecule has 4 aromatic rings. The van der Waals surface area contributed by atoms with E-state index in [0.29, 0.717) is 17.2 Å². The van der Waals surface area contributed by atoms with Gasteiger partial charge in [0, 0.05) is 11.3 Å². The average molecular weight is 432 g/mol. The highest BCUT2D eigenvalue weighted by Gasteiger charge is 2.13. The number of ether oxygens (including phenoxy) is 1. The number of aromatic nitrogens is 1. The lowest BCUT2D eigenvalue weighted by molar-refractivity contribution is 0.0975. The molecule has 0 bridgehead atoms. The molecule has 0 spiro atoms. The van der Waals surface area contributed by atoms with E-state index in [9.17, 15) is 4.79 Å². The summed E-state index contributed by atoms with van der Waals surface area (Å²) in [5.41, 5.74) is 5.93. The number of hydrogen-bond donors (Lipinski definition) is 2. The maximum Gasteiger partial charge on any atom is 0.261 e. The van der Waals surface area contributed by atoms with Crippen LogP contribution in [0.15, 0.2) is 65.1 Å². The molecule has 0 saturated heterocycles. The number of nitrogens with one attached hydrogen (secondary N) is 2. The van der Waals surface area contributed by atoms with Crippen molar-refractivity contribution in [3.8, 4) is 17.2 Å². The van der Waals surface area contributed by atoms with Crippen LogP contribution in [0.2, 0.25) is 0 Å². The van der Waals surface area contributed by atoms with Gasteiger partial charge in [-0.2, -0.15) is 0 Å². The van der Waals surface area contributed by atoms with Crippen molar-refractivity contribution in [3.63, 3.8) is 0 Å². The number of fused-ring (bicyclic) bond motifs is 1. The minimum atomic E-state index is -0.344. The molecule has 1 heterocycles. The number of thiocarbonyl (C=S) groups is 1. The monoisotopic (exact) mass is 431 g/mol. The summed E-state index contributed by atoms with van der Waals surface area (Å²) in [4.78, 5) is 17.0. The molecule has 31 heavy (non-hydrogen) atoms. The predicted molar refractivity (Wildman–Crippen MR) is 126 cm³/mol. The van der Waals surface area contributed by atoms with Crippen LogP contribution < -0.4 is 15.4 Å². The van der Waals surface area contributed by atoms with Crippen molar-refractivity contribution in [2.24, 2.45) is 0 Å². The zero-order valence-electron chi connectivity index (χ0n) is 17.4. The van der Waals surface area contributed by atoms with Crippen LogP contribution >= 0.6 is 12.2 Å². The fourth-order valence-electron chi connectivity index (χ4n) is 3.16. The lowest BCUT2D eigenvalue weighted by atomic mass is 10.1. The van der Waals surface area contributed by atoms with Crippen molar-refractivity contribution < 1.29 is 13.9 Å². The molecular formula is C24H21N3O3S. The zero-order chi connectivity index (χ0) is 22.0. The highest BCUT2D eigenvalue weighted by Crippen LogP contribution is 2.27. The van der Waals surface area contributed by atoms with E-state index in [1.54, 1.807) is 24.3 Å². The summed E-state index contributed by atoms with van der Waals surface area (Å²) in [6.07, 6.45) is 0. The Hall–Kier alpha value is -3.71. The Labute approximate surface area is 185 Å². The number of benzene rings is 3. The molecule has 0 radical (unpaired) electrons. The Morgan fingerprint density at radius 1 is 1.03 bits per heavy atom. The minimum absolute atomic E-state index is 0.191. The summed E-state index contributed by atoms with van der Waals surface area (Å²) >= 11 is 5.27. The van der Waals surface area contributed by atoms with Gasteiger partial charge in [0.25, 0.3) is 5.91 Å². The average Bonchev–Trinajstić information content (AvgIpc) is 3.17. The quantitative estimate of drug-likeness (QED) is 0.430. The van der Waals surface area contributed by atoms with E-state index in [1.165, 1.54) is 18.2 Å². The van der Waals surface area contributed by atoms with Crippen molar-refractivity contribution in [2.45, 2.75) is 13.8 Å². The number of carbonyl (C=O) groups excluding carboxylic acids is 1. The summed E-state index contributed by atoms with van der Waals surface area (Å²) in [6, 6.07) is 18.5. The zero-order valence-corrected chi connectivity index (χ0v) is 18.2. The molecule has 0 aliphatic heterocycles. The van der Waals surface area contributed by atoms with Crippen LogP contribution in [0.25, 0.3) is 22.6 Å². The van der Waals surface area contributed by atoms with E-state index >= 15 is 0 Å². The first-order valence-electron chi connectivity index (χ1n) is 9.68. The first-order chi connectivity index (χ1) is 14.9. The van der Waals surface area contributed by atoms with Gasteiger partial charge in [0.15, 0.2) is 10.7 Å². The number of anilines is 1. The van der Waals surface area contributed by atoms with Gasteiger partial charge >= 0.3 is 0 Å². The molecule has 1 aromatic heterocycles. The number of para-hydroxylation sites is 1. The third-order valence-electron chi connectivity index (χ3n) is 4.97. The standard InChI is InChI=1S/C24H21N3O3S/c1-14-12-19-21(13-15(14)2)30-23(26-19)16-8-10-17(11-9-16)25-24(31)27-22(28)18-6-4-5-7-20(18)29-3/h4-13H,1-3H3,(H2,25,27,28,31). The maximum atomic E-state index is 12.5. The first kappa shape index (κ1) is 20.6. The molecular weight excluding hydrogens is 410 g/mol. The molecule has 1 amide bonds. The van der Waals surface area contributed by atoms with Gasteiger partial charge in [0.2, 0.25) is 5.89 Å². The molecule has 0 saturated carbocycles. The summed E-state index contributed by atoms with van der Waals surface area (Å²) in [5, 5.41) is 5.86. The van der Waals surface area contributed by atoms with Crippen LogP contribution in [-0.4, -0.2) is 23.1 Å². The van der Waals surface area contributed by atoms with Crippen molar-refractivity contribution in [2.75, 3.05) is 12.4 Å². The fourth-order valence-corrected chi connectivity index (χ4v) is 3.38. The molecule has 0 aliphatic carbocycles. The molecule has 0 aliphatic rings. The number of methoxy groups -OCH3 is 1. The van der Waals surface area contributed by atoms with Gasteiger partial charge in [-0.3, -0.25) is 10.1 Å². The van der Waals surface area contributed by atoms with Gasteiger partial charge in [0.05, 0.1) is 12.7 Å². The molecule has 0 atom stereocenters. The Morgan fingerprint density at radius 2 is 1.74 bits per heavy atom. The fraction of sp³-hybridized carbons (Fsp3) is 0.125. The van der Waals surface area contributed by atoms with E-state index in [-0.39, 0.29) is 11.0 Å². The summed E-state index contributed by atoms with van der Waals surface area (Å²) in [5.74, 6) is 0.693. The highest BCUT2D eigenvalue weighted by atomic mass is 32.1. The van der Waals surface area contributed by atoms with Crippen molar-refractivity contribution in [1.29, 1.82) is 0 Å². The predicted octanol–water partition coefficient (Wildman–Crippen LogP) is 5.25. The van der Waals surface area contributed by atoms with Gasteiger partial charge in [0.1, 0.15) is 11.3 Å². The van der Waals surface area contributed by atoms with Crippen LogP contribution in [0.3, 0.4) is 0 Å². The van der Waals surface area contributed by atoms with E-state index in [1.807, 2.05) is 43.3 Å². The van der Waals surface area contributed by atoms with E-state index in [0.717, 1.165) is 22.4 Å². The number of nitrogens with zero attached hydrogens (tertiary/aromatic N) is 1. The maximum absolute atomic E-state index is 12.5. The van der Waals surface area contributed by atoms with Crippen LogP contribution in [0.4, 0.5) is 5.69 Å². The number of aryl methyl sites for hydroxylation is 2. The van der Waals surface area contributed by atoms with Gasteiger partial charge in [-0.05, 0) is 85.7 Å². The van der Waals surface area contributed by atoms with Gasteiger partial charge in [-0.25, -0.2) is 4.98 Å². The third-order valence-corrected chi connectivity index (χ3v) is 5.18. The summed E-state index contributed by atoms with van der Waals surface area (Å²) in [6.45, 7) is 4.10. The smallest absolute Gasteiger partial charge is 0.261 e. The highest BCUT2D eigenvalue weighted by molar-refractivity contribution is 7.80. The lowest BCUT2D eigenvalue weighted by Gasteiger charge is -2.11. The van der Waals surface area contributed by atoms with E-state index < -0.39 is 0 Å². The molecule has 156 valence electrons. The van der Waals surface area contributed by atoms with Crippen LogP contribution in [0.1, 0.15) is 21.5 Å². The van der Waals surface area contributed by atoms with Gasteiger partial charge < -0.3 is 14.5 Å². The Balaban J connectivity index is 1.45. The number of hydrogen-bond acceptors (Lipinski definition) is 5. The number of rotatable bonds is 4. The van der Waals surface area contributed by atoms with Crippen LogP contribution in [0.5, 0.6) is 5.75 Å². The first-order valence-corrected chi connectivity index (χ1v) is 10.1. The van der Waals surface area contributed by atoms with E-state index in [4.69, 9.17) is 21.4 Å². The molecule has 0 unspecified atom stereocenters. The van der Waals surface area contributed by atoms with Gasteiger partial charge in [-0.1, -0.05) is 12.1 Å². The molecule has 6 nitrogen and oxygen atoms in total. The topological polar surface area (TPSA) is 76.4 Å². The van der Waals surface area contributed by atoms with Crippen molar-refractivity contribution >= 4 is 40.0 Å². The summed E-state index contributed by atoms with van der Waals surface area (Å²) < 4.78 is 11.1. The molecule has 3 aromatic carbocycles. The van der Waals surface area contributed by atoms with Crippen molar-refractivity contribution in [1.82, 2.24) is 10.3 Å². The number of carbonyl (C=O) groups is 1. The third kappa shape index (κ3) is 4.41. The number of amides is 1. The largest absolute Gasteiger partial charge is 0.496 e. The molecule has 2 N–H and O–H groups in total. The number of oxazole rings is 1. The van der Waals surface area contributed by atoms with Crippen molar-refractivity contribution in [3.05, 3.63) is 77.4 Å².